The largest absolute Gasteiger partial charge is 1.00 e. The molecule has 1 aliphatic heterocycles. The third-order valence-electron chi connectivity index (χ3n) is 6.69. The lowest BCUT2D eigenvalue weighted by Gasteiger charge is -2.38. The Morgan fingerprint density at radius 2 is 1.61 bits per heavy atom. The first-order valence-corrected chi connectivity index (χ1v) is 11.3. The minimum atomic E-state index is -0.409. The van der Waals surface area contributed by atoms with Gasteiger partial charge in [0.2, 0.25) is 0 Å². The fourth-order valence-electron chi connectivity index (χ4n) is 4.76. The van der Waals surface area contributed by atoms with E-state index in [1.165, 1.54) is 12.8 Å². The third-order valence-corrected chi connectivity index (χ3v) is 6.69. The molecule has 5 nitrogen and oxygen atoms in total. The van der Waals surface area contributed by atoms with Gasteiger partial charge < -0.3 is 44.3 Å². The zero-order valence-corrected chi connectivity index (χ0v) is 21.0. The van der Waals surface area contributed by atoms with Crippen LogP contribution in [-0.4, -0.2) is 68.7 Å². The lowest BCUT2D eigenvalue weighted by molar-refractivity contribution is -0.0446. The first-order chi connectivity index (χ1) is 13.9. The van der Waals surface area contributed by atoms with Crippen LogP contribution in [0.3, 0.4) is 0 Å². The predicted octanol–water partition coefficient (Wildman–Crippen LogP) is -2.19. The molecule has 180 valence electrons. The summed E-state index contributed by atoms with van der Waals surface area (Å²) in [7, 11) is 1.72. The number of para-hydroxylation sites is 2. The maximum Gasteiger partial charge on any atom is 0.142 e. The van der Waals surface area contributed by atoms with E-state index < -0.39 is 6.10 Å². The molecule has 0 radical (unpaired) electrons. The number of β-amino-alcohol motifs (C(OH)–C–C–N with tert-alkyl or cyclic N) is 1. The van der Waals surface area contributed by atoms with Gasteiger partial charge in [0.25, 0.3) is 0 Å². The van der Waals surface area contributed by atoms with Crippen molar-refractivity contribution in [3.8, 4) is 5.75 Å². The molecule has 1 saturated heterocycles. The number of aliphatic hydroxyl groups excluding tert-OH is 1. The van der Waals surface area contributed by atoms with Crippen LogP contribution in [0.5, 0.6) is 5.75 Å². The summed E-state index contributed by atoms with van der Waals surface area (Å²) in [6.45, 7) is 12.0. The zero-order chi connectivity index (χ0) is 20.9. The molecule has 0 spiro atoms. The number of piperazine rings is 1. The number of benzene rings is 1. The van der Waals surface area contributed by atoms with E-state index in [4.69, 9.17) is 9.47 Å². The summed E-state index contributed by atoms with van der Waals surface area (Å²) in [5.41, 5.74) is 1.56. The van der Waals surface area contributed by atoms with Crippen LogP contribution in [0.15, 0.2) is 24.3 Å². The molecule has 0 bridgehead atoms. The highest BCUT2D eigenvalue weighted by atomic mass is 35.5. The normalized spacial score (nSPS) is 23.5. The molecule has 7 heteroatoms. The van der Waals surface area contributed by atoms with E-state index in [2.05, 4.69) is 42.7 Å². The minimum Gasteiger partial charge on any atom is -1.00 e. The number of hydrogen-bond acceptors (Lipinski definition) is 5. The number of ether oxygens (including phenoxy) is 2. The summed E-state index contributed by atoms with van der Waals surface area (Å²) >= 11 is 0. The number of rotatable bonds is 7. The molecule has 1 aromatic carbocycles. The van der Waals surface area contributed by atoms with Crippen molar-refractivity contribution in [3.05, 3.63) is 24.3 Å². The van der Waals surface area contributed by atoms with Crippen molar-refractivity contribution in [1.29, 1.82) is 0 Å². The van der Waals surface area contributed by atoms with Crippen molar-refractivity contribution in [2.24, 2.45) is 11.3 Å². The topological polar surface area (TPSA) is 45.2 Å². The van der Waals surface area contributed by atoms with Gasteiger partial charge in [0.15, 0.2) is 0 Å². The molecule has 1 heterocycles. The fourth-order valence-corrected chi connectivity index (χ4v) is 4.76. The molecule has 3 rings (SSSR count). The van der Waals surface area contributed by atoms with Crippen LogP contribution in [0.2, 0.25) is 0 Å². The van der Waals surface area contributed by atoms with Crippen molar-refractivity contribution >= 4 is 5.69 Å². The van der Waals surface area contributed by atoms with Gasteiger partial charge in [0, 0.05) is 32.7 Å². The van der Waals surface area contributed by atoms with Crippen LogP contribution in [0.25, 0.3) is 0 Å². The Balaban J connectivity index is 0.00000240. The van der Waals surface area contributed by atoms with Gasteiger partial charge in [-0.05, 0) is 49.1 Å². The fraction of sp³-hybridized carbons (Fsp3) is 0.750. The molecule has 1 unspecified atom stereocenters. The van der Waals surface area contributed by atoms with Crippen LogP contribution in [0, 0.1) is 11.3 Å². The van der Waals surface area contributed by atoms with Crippen molar-refractivity contribution in [3.63, 3.8) is 0 Å². The molecule has 31 heavy (non-hydrogen) atoms. The predicted molar refractivity (Wildman–Crippen MR) is 119 cm³/mol. The molecule has 2 fully saturated rings. The Labute approximate surface area is 201 Å². The van der Waals surface area contributed by atoms with Gasteiger partial charge in [-0.1, -0.05) is 32.9 Å². The molecule has 0 aromatic heterocycles. The van der Waals surface area contributed by atoms with Gasteiger partial charge in [-0.15, -0.1) is 0 Å². The molecule has 1 aromatic rings. The second kappa shape index (κ2) is 13.1. The summed E-state index contributed by atoms with van der Waals surface area (Å²) in [4.78, 5) is 4.71. The Hall–Kier alpha value is -0.720. The zero-order valence-electron chi connectivity index (χ0n) is 19.5. The average molecular weight is 476 g/mol. The van der Waals surface area contributed by atoms with E-state index in [-0.39, 0.29) is 24.8 Å². The maximum absolute atomic E-state index is 10.5. The number of aliphatic hydroxyl groups is 1. The quantitative estimate of drug-likeness (QED) is 0.486. The minimum absolute atomic E-state index is 0. The lowest BCUT2D eigenvalue weighted by atomic mass is 9.72. The summed E-state index contributed by atoms with van der Waals surface area (Å²) in [5.74, 6) is 1.72. The highest BCUT2D eigenvalue weighted by molar-refractivity contribution is 5.58. The van der Waals surface area contributed by atoms with Crippen molar-refractivity contribution in [1.82, 2.24) is 4.90 Å². The maximum atomic E-state index is 10.5. The smallest absolute Gasteiger partial charge is 0.142 e. The summed E-state index contributed by atoms with van der Waals surface area (Å²) in [6.07, 6.45) is 4.67. The van der Waals surface area contributed by atoms with E-state index in [1.54, 1.807) is 7.11 Å². The highest BCUT2D eigenvalue weighted by Gasteiger charge is 2.30. The van der Waals surface area contributed by atoms with E-state index in [0.717, 1.165) is 56.4 Å². The molecule has 1 atom stereocenters. The van der Waals surface area contributed by atoms with E-state index in [9.17, 15) is 5.11 Å². The van der Waals surface area contributed by atoms with Crippen LogP contribution in [0.4, 0.5) is 5.69 Å². The Morgan fingerprint density at radius 3 is 2.19 bits per heavy atom. The molecule has 0 amide bonds. The monoisotopic (exact) mass is 474 g/mol. The van der Waals surface area contributed by atoms with Gasteiger partial charge in [-0.2, -0.15) is 0 Å². The SMILES string of the molecule is COc1ccccc1N1CCN(CC(O)COC2CCC(C(C)(C)C)CC2)CC1.[Cl-].[Cl-]. The Bertz CT molecular complexity index is 625. The molecule has 1 aliphatic carbocycles. The second-order valence-electron chi connectivity index (χ2n) is 9.79. The second-order valence-corrected chi connectivity index (χ2v) is 9.79. The van der Waals surface area contributed by atoms with Gasteiger partial charge in [-0.3, -0.25) is 4.90 Å². The summed E-state index contributed by atoms with van der Waals surface area (Å²) in [5, 5.41) is 10.5. The number of nitrogens with zero attached hydrogens (tertiary/aromatic N) is 2. The van der Waals surface area contributed by atoms with E-state index in [1.807, 2.05) is 12.1 Å². The average Bonchev–Trinajstić information content (AvgIpc) is 2.72. The van der Waals surface area contributed by atoms with Crippen LogP contribution in [0.1, 0.15) is 46.5 Å². The van der Waals surface area contributed by atoms with E-state index >= 15 is 0 Å². The number of methoxy groups -OCH3 is 1. The third kappa shape index (κ3) is 8.29. The summed E-state index contributed by atoms with van der Waals surface area (Å²) < 4.78 is 11.6. The first-order valence-electron chi connectivity index (χ1n) is 11.3. The van der Waals surface area contributed by atoms with Crippen molar-refractivity contribution in [2.45, 2.75) is 58.7 Å². The number of hydrogen-bond donors (Lipinski definition) is 1. The molecule has 1 N–H and O–H groups in total. The molecular formula is C24H40Cl2N2O3-2. The Morgan fingerprint density at radius 1 is 1.00 bits per heavy atom. The highest BCUT2D eigenvalue weighted by Crippen LogP contribution is 2.38. The van der Waals surface area contributed by atoms with Gasteiger partial charge in [0.1, 0.15) is 5.75 Å². The standard InChI is InChI=1S/C24H40N2O3.2ClH/c1-24(2,3)19-9-11-21(12-10-19)29-18-20(27)17-25-13-15-26(16-14-25)22-7-5-6-8-23(22)28-4;;/h5-8,19-21,27H,9-18H2,1-4H3;2*1H/p-2. The lowest BCUT2D eigenvalue weighted by Crippen LogP contribution is -3.00. The van der Waals surface area contributed by atoms with Crippen molar-refractivity contribution < 1.29 is 39.4 Å². The molecule has 2 aliphatic rings. The first kappa shape index (κ1) is 28.3. The van der Waals surface area contributed by atoms with Crippen molar-refractivity contribution in [2.75, 3.05) is 51.3 Å². The van der Waals surface area contributed by atoms with Gasteiger partial charge in [-0.25, -0.2) is 0 Å². The van der Waals surface area contributed by atoms with Gasteiger partial charge >= 0.3 is 0 Å². The van der Waals surface area contributed by atoms with E-state index in [0.29, 0.717) is 24.7 Å². The number of halogens is 2. The van der Waals surface area contributed by atoms with Gasteiger partial charge in [0.05, 0.1) is 31.6 Å². The molecule has 1 saturated carbocycles. The van der Waals surface area contributed by atoms with Crippen LogP contribution in [-0.2, 0) is 4.74 Å². The Kier molecular flexibility index (Phi) is 12.0. The van der Waals surface area contributed by atoms with Crippen LogP contribution >= 0.6 is 0 Å². The summed E-state index contributed by atoms with van der Waals surface area (Å²) in [6, 6.07) is 8.19. The number of anilines is 1. The molecular weight excluding hydrogens is 435 g/mol. The van der Waals surface area contributed by atoms with Crippen LogP contribution < -0.4 is 34.5 Å².